The van der Waals surface area contributed by atoms with Crippen LogP contribution in [0.5, 0.6) is 0 Å². The van der Waals surface area contributed by atoms with Crippen molar-refractivity contribution in [3.05, 3.63) is 37.0 Å². The monoisotopic (exact) mass is 164 g/mol. The Morgan fingerprint density at radius 1 is 1.00 bits per heavy atom. The van der Waals surface area contributed by atoms with Gasteiger partial charge in [0, 0.05) is 0 Å². The first-order valence-electron chi connectivity index (χ1n) is 4.84. The van der Waals surface area contributed by atoms with Crippen LogP contribution in [0, 0.1) is 0 Å². The highest BCUT2D eigenvalue weighted by Crippen LogP contribution is 1.96. The van der Waals surface area contributed by atoms with Gasteiger partial charge < -0.3 is 0 Å². The van der Waals surface area contributed by atoms with Crippen molar-refractivity contribution in [1.29, 1.82) is 0 Å². The molecule has 0 saturated heterocycles. The van der Waals surface area contributed by atoms with E-state index in [4.69, 9.17) is 0 Å². The van der Waals surface area contributed by atoms with Gasteiger partial charge in [-0.2, -0.15) is 0 Å². The molecule has 0 unspecified atom stereocenters. The molecule has 0 fully saturated rings. The molecule has 0 aliphatic rings. The molecule has 0 aromatic rings. The van der Waals surface area contributed by atoms with Gasteiger partial charge in [0.1, 0.15) is 0 Å². The van der Waals surface area contributed by atoms with Crippen molar-refractivity contribution in [2.24, 2.45) is 0 Å². The highest BCUT2D eigenvalue weighted by atomic mass is 13.8. The van der Waals surface area contributed by atoms with Gasteiger partial charge >= 0.3 is 0 Å². The Morgan fingerprint density at radius 3 is 2.25 bits per heavy atom. The Balaban J connectivity index is 3.20. The average Bonchev–Trinajstić information content (AvgIpc) is 2.10. The molecule has 0 heteroatoms. The molecule has 12 heavy (non-hydrogen) atoms. The first-order chi connectivity index (χ1) is 5.91. The van der Waals surface area contributed by atoms with Crippen LogP contribution in [0.15, 0.2) is 37.0 Å². The first kappa shape index (κ1) is 11.2. The summed E-state index contributed by atoms with van der Waals surface area (Å²) in [6.45, 7) is 5.88. The molecular weight excluding hydrogens is 144 g/mol. The van der Waals surface area contributed by atoms with Crippen LogP contribution in [0.2, 0.25) is 0 Å². The van der Waals surface area contributed by atoms with E-state index in [1.807, 2.05) is 6.08 Å². The van der Waals surface area contributed by atoms with E-state index in [2.05, 4.69) is 37.8 Å². The number of unbranched alkanes of at least 4 members (excludes halogenated alkanes) is 3. The minimum atomic E-state index is 1.08. The van der Waals surface area contributed by atoms with Gasteiger partial charge in [0.2, 0.25) is 0 Å². The molecule has 0 aromatic heterocycles. The quantitative estimate of drug-likeness (QED) is 0.300. The minimum absolute atomic E-state index is 1.08. The summed E-state index contributed by atoms with van der Waals surface area (Å²) in [6.07, 6.45) is 16.6. The van der Waals surface area contributed by atoms with E-state index in [0.29, 0.717) is 0 Å². The van der Waals surface area contributed by atoms with Crippen molar-refractivity contribution in [2.75, 3.05) is 0 Å². The zero-order chi connectivity index (χ0) is 9.07. The van der Waals surface area contributed by atoms with Gasteiger partial charge in [-0.1, -0.05) is 50.1 Å². The lowest BCUT2D eigenvalue weighted by atomic mass is 10.2. The molecule has 0 spiro atoms. The summed E-state index contributed by atoms with van der Waals surface area (Å²) < 4.78 is 0. The predicted molar refractivity (Wildman–Crippen MR) is 57.2 cm³/mol. The maximum absolute atomic E-state index is 3.67. The lowest BCUT2D eigenvalue weighted by molar-refractivity contribution is 0.815. The molecule has 68 valence electrons. The van der Waals surface area contributed by atoms with E-state index >= 15 is 0 Å². The fraction of sp³-hybridized carbons (Fsp3) is 0.500. The molecule has 0 atom stereocenters. The zero-order valence-electron chi connectivity index (χ0n) is 8.13. The highest BCUT2D eigenvalue weighted by molar-refractivity contribution is 5.02. The summed E-state index contributed by atoms with van der Waals surface area (Å²) in [6, 6.07) is 0. The van der Waals surface area contributed by atoms with Crippen molar-refractivity contribution in [1.82, 2.24) is 0 Å². The van der Waals surface area contributed by atoms with Crippen molar-refractivity contribution in [2.45, 2.75) is 39.0 Å². The third kappa shape index (κ3) is 9.22. The first-order valence-corrected chi connectivity index (χ1v) is 4.84. The summed E-state index contributed by atoms with van der Waals surface area (Å²) in [7, 11) is 0. The SMILES string of the molecule is C=CCC/C=C/C=C\CCCC. The molecule has 0 saturated carbocycles. The van der Waals surface area contributed by atoms with Gasteiger partial charge in [-0.15, -0.1) is 6.58 Å². The Labute approximate surface area is 76.7 Å². The van der Waals surface area contributed by atoms with Crippen LogP contribution in [0.25, 0.3) is 0 Å². The van der Waals surface area contributed by atoms with E-state index in [1.54, 1.807) is 0 Å². The van der Waals surface area contributed by atoms with Gasteiger partial charge in [-0.05, 0) is 19.3 Å². The maximum Gasteiger partial charge on any atom is -0.0313 e. The Hall–Kier alpha value is -0.780. The van der Waals surface area contributed by atoms with Crippen LogP contribution < -0.4 is 0 Å². The number of allylic oxidation sites excluding steroid dienone is 5. The van der Waals surface area contributed by atoms with Crippen molar-refractivity contribution < 1.29 is 0 Å². The van der Waals surface area contributed by atoms with Crippen LogP contribution in [-0.2, 0) is 0 Å². The van der Waals surface area contributed by atoms with E-state index in [0.717, 1.165) is 12.8 Å². The van der Waals surface area contributed by atoms with E-state index in [1.165, 1.54) is 19.3 Å². The van der Waals surface area contributed by atoms with Crippen LogP contribution in [0.4, 0.5) is 0 Å². The standard InChI is InChI=1S/C12H20/c1-3-5-7-9-11-12-10-8-6-4-2/h3,9-12H,1,4-8H2,2H3/b11-9+,12-10-. The van der Waals surface area contributed by atoms with E-state index < -0.39 is 0 Å². The number of hydrogen-bond donors (Lipinski definition) is 0. The molecular formula is C12H20. The lowest BCUT2D eigenvalue weighted by Gasteiger charge is -1.86. The second-order valence-electron chi connectivity index (χ2n) is 2.86. The summed E-state index contributed by atoms with van der Waals surface area (Å²) >= 11 is 0. The summed E-state index contributed by atoms with van der Waals surface area (Å²) in [5.41, 5.74) is 0. The lowest BCUT2D eigenvalue weighted by Crippen LogP contribution is -1.65. The van der Waals surface area contributed by atoms with Crippen molar-refractivity contribution in [3.63, 3.8) is 0 Å². The summed E-state index contributed by atoms with van der Waals surface area (Å²) in [5, 5.41) is 0. The molecule has 0 rings (SSSR count). The van der Waals surface area contributed by atoms with Gasteiger partial charge in [0.05, 0.1) is 0 Å². The molecule has 0 aliphatic heterocycles. The van der Waals surface area contributed by atoms with Gasteiger partial charge in [-0.3, -0.25) is 0 Å². The molecule has 0 N–H and O–H groups in total. The van der Waals surface area contributed by atoms with Gasteiger partial charge in [0.25, 0.3) is 0 Å². The van der Waals surface area contributed by atoms with Crippen molar-refractivity contribution >= 4 is 0 Å². The van der Waals surface area contributed by atoms with E-state index in [-0.39, 0.29) is 0 Å². The molecule has 0 nitrogen and oxygen atoms in total. The topological polar surface area (TPSA) is 0 Å². The van der Waals surface area contributed by atoms with Crippen LogP contribution >= 0.6 is 0 Å². The van der Waals surface area contributed by atoms with Crippen LogP contribution in [-0.4, -0.2) is 0 Å². The second-order valence-corrected chi connectivity index (χ2v) is 2.86. The third-order valence-corrected chi connectivity index (χ3v) is 1.65. The molecule has 0 aromatic carbocycles. The van der Waals surface area contributed by atoms with Crippen molar-refractivity contribution in [3.8, 4) is 0 Å². The Morgan fingerprint density at radius 2 is 1.67 bits per heavy atom. The van der Waals surface area contributed by atoms with Gasteiger partial charge in [0.15, 0.2) is 0 Å². The average molecular weight is 164 g/mol. The number of rotatable bonds is 7. The minimum Gasteiger partial charge on any atom is -0.103 e. The van der Waals surface area contributed by atoms with Crippen LogP contribution in [0.1, 0.15) is 39.0 Å². The van der Waals surface area contributed by atoms with E-state index in [9.17, 15) is 0 Å². The number of hydrogen-bond acceptors (Lipinski definition) is 0. The van der Waals surface area contributed by atoms with Gasteiger partial charge in [-0.25, -0.2) is 0 Å². The summed E-state index contributed by atoms with van der Waals surface area (Å²) in [4.78, 5) is 0. The fourth-order valence-corrected chi connectivity index (χ4v) is 0.886. The molecule has 0 radical (unpaired) electrons. The smallest absolute Gasteiger partial charge is 0.0313 e. The molecule has 0 bridgehead atoms. The highest BCUT2D eigenvalue weighted by Gasteiger charge is 1.75. The zero-order valence-corrected chi connectivity index (χ0v) is 8.13. The second kappa shape index (κ2) is 10.2. The summed E-state index contributed by atoms with van der Waals surface area (Å²) in [5.74, 6) is 0. The molecule has 0 amide bonds. The predicted octanol–water partition coefficient (Wildman–Crippen LogP) is 4.26. The molecule has 0 heterocycles. The largest absolute Gasteiger partial charge is 0.103 e. The Bertz CT molecular complexity index is 140. The normalized spacial score (nSPS) is 11.4. The maximum atomic E-state index is 3.67. The van der Waals surface area contributed by atoms with Crippen LogP contribution in [0.3, 0.4) is 0 Å². The Kier molecular flexibility index (Phi) is 9.56. The third-order valence-electron chi connectivity index (χ3n) is 1.65. The fourth-order valence-electron chi connectivity index (χ4n) is 0.886. The molecule has 0 aliphatic carbocycles.